The van der Waals surface area contributed by atoms with E-state index in [0.717, 1.165) is 17.8 Å². The molecule has 1 N–H and O–H groups in total. The minimum Gasteiger partial charge on any atom is -0.409 e. The summed E-state index contributed by atoms with van der Waals surface area (Å²) in [5, 5.41) is 2.47. The number of carbonyl (C=O) groups is 1. The lowest BCUT2D eigenvalue weighted by molar-refractivity contribution is -0.461. The number of urea groups is 1. The zero-order valence-electron chi connectivity index (χ0n) is 15.4. The molecule has 2 heterocycles. The molecule has 2 aliphatic heterocycles. The van der Waals surface area contributed by atoms with Crippen LogP contribution in [0.25, 0.3) is 0 Å². The number of hydrogen-bond acceptors (Lipinski definition) is 4. The SMILES string of the molecule is O=C(Nc1ccc2c(c1)C(F)(F)OC(F)(F)O2)N1CCN(c2ccc(F)cc2)CC1. The number of alkyl halides is 4. The second-order valence-corrected chi connectivity index (χ2v) is 6.78. The molecule has 2 aliphatic rings. The van der Waals surface area contributed by atoms with E-state index in [1.807, 2.05) is 4.90 Å². The van der Waals surface area contributed by atoms with Gasteiger partial charge in [-0.25, -0.2) is 13.9 Å². The summed E-state index contributed by atoms with van der Waals surface area (Å²) >= 11 is 0. The van der Waals surface area contributed by atoms with Crippen LogP contribution in [0, 0.1) is 5.82 Å². The fourth-order valence-electron chi connectivity index (χ4n) is 3.30. The van der Waals surface area contributed by atoms with Crippen molar-refractivity contribution in [2.45, 2.75) is 12.4 Å². The fraction of sp³-hybridized carbons (Fsp3) is 0.316. The molecule has 0 aromatic heterocycles. The Hall–Kier alpha value is -3.08. The van der Waals surface area contributed by atoms with E-state index in [4.69, 9.17) is 0 Å². The molecule has 1 saturated heterocycles. The molecule has 0 spiro atoms. The Morgan fingerprint density at radius 3 is 2.30 bits per heavy atom. The predicted octanol–water partition coefficient (Wildman–Crippen LogP) is 4.19. The van der Waals surface area contributed by atoms with E-state index < -0.39 is 29.7 Å². The topological polar surface area (TPSA) is 54.0 Å². The first-order valence-corrected chi connectivity index (χ1v) is 8.99. The van der Waals surface area contributed by atoms with Crippen molar-refractivity contribution in [2.75, 3.05) is 36.4 Å². The Kier molecular flexibility index (Phi) is 4.92. The van der Waals surface area contributed by atoms with Gasteiger partial charge in [-0.1, -0.05) is 0 Å². The second-order valence-electron chi connectivity index (χ2n) is 6.78. The smallest absolute Gasteiger partial charge is 0.409 e. The molecule has 0 aliphatic carbocycles. The maximum absolute atomic E-state index is 13.9. The molecule has 11 heteroatoms. The van der Waals surface area contributed by atoms with Crippen molar-refractivity contribution in [1.82, 2.24) is 4.90 Å². The van der Waals surface area contributed by atoms with Crippen LogP contribution in [0.15, 0.2) is 42.5 Å². The van der Waals surface area contributed by atoms with Crippen molar-refractivity contribution in [3.8, 4) is 5.75 Å². The van der Waals surface area contributed by atoms with Gasteiger partial charge >= 0.3 is 18.4 Å². The monoisotopic (exact) mass is 429 g/mol. The van der Waals surface area contributed by atoms with Gasteiger partial charge < -0.3 is 19.9 Å². The average molecular weight is 429 g/mol. The van der Waals surface area contributed by atoms with E-state index in [2.05, 4.69) is 14.8 Å². The van der Waals surface area contributed by atoms with Crippen LogP contribution in [0.2, 0.25) is 0 Å². The maximum Gasteiger partial charge on any atom is 0.540 e. The van der Waals surface area contributed by atoms with Crippen molar-refractivity contribution in [3.05, 3.63) is 53.8 Å². The van der Waals surface area contributed by atoms with Crippen molar-refractivity contribution >= 4 is 17.4 Å². The molecule has 30 heavy (non-hydrogen) atoms. The van der Waals surface area contributed by atoms with Crippen molar-refractivity contribution in [2.24, 2.45) is 0 Å². The summed E-state index contributed by atoms with van der Waals surface area (Å²) in [4.78, 5) is 15.9. The van der Waals surface area contributed by atoms with Gasteiger partial charge in [-0.3, -0.25) is 0 Å². The van der Waals surface area contributed by atoms with Gasteiger partial charge in [0.2, 0.25) is 0 Å². The Balaban J connectivity index is 1.40. The third-order valence-electron chi connectivity index (χ3n) is 4.78. The number of fused-ring (bicyclic) bond motifs is 1. The number of ether oxygens (including phenoxy) is 2. The summed E-state index contributed by atoms with van der Waals surface area (Å²) in [6.45, 7) is 1.70. The Morgan fingerprint density at radius 2 is 1.63 bits per heavy atom. The third-order valence-corrected chi connectivity index (χ3v) is 4.78. The first-order valence-electron chi connectivity index (χ1n) is 8.99. The van der Waals surface area contributed by atoms with Crippen LogP contribution >= 0.6 is 0 Å². The molecule has 0 saturated carbocycles. The molecular weight excluding hydrogens is 413 g/mol. The lowest BCUT2D eigenvalue weighted by atomic mass is 10.1. The summed E-state index contributed by atoms with van der Waals surface area (Å²) in [5.41, 5.74) is -0.102. The maximum atomic E-state index is 13.9. The quantitative estimate of drug-likeness (QED) is 0.728. The minimum absolute atomic E-state index is 0.0168. The lowest BCUT2D eigenvalue weighted by Gasteiger charge is -2.36. The molecule has 6 nitrogen and oxygen atoms in total. The number of nitrogens with one attached hydrogen (secondary N) is 1. The number of amides is 2. The van der Waals surface area contributed by atoms with E-state index in [1.54, 1.807) is 12.1 Å². The van der Waals surface area contributed by atoms with Crippen LogP contribution < -0.4 is 15.0 Å². The van der Waals surface area contributed by atoms with Gasteiger partial charge in [-0.05, 0) is 42.5 Å². The van der Waals surface area contributed by atoms with Crippen molar-refractivity contribution in [1.29, 1.82) is 0 Å². The van der Waals surface area contributed by atoms with Crippen LogP contribution in [0.3, 0.4) is 0 Å². The average Bonchev–Trinajstić information content (AvgIpc) is 2.68. The molecule has 0 bridgehead atoms. The summed E-state index contributed by atoms with van der Waals surface area (Å²) in [7, 11) is 0. The first kappa shape index (κ1) is 20.2. The standard InChI is InChI=1S/C19H16F5N3O3/c20-12-1-4-14(5-2-12)26-7-9-27(10-8-26)17(28)25-13-3-6-16-15(11-13)18(21,22)30-19(23,24)29-16/h1-6,11H,7-10H2,(H,25,28). The molecule has 2 amide bonds. The van der Waals surface area contributed by atoms with Crippen LogP contribution in [-0.4, -0.2) is 43.4 Å². The van der Waals surface area contributed by atoms with Gasteiger partial charge in [0.15, 0.2) is 0 Å². The lowest BCUT2D eigenvalue weighted by Crippen LogP contribution is -2.50. The normalized spacial score (nSPS) is 19.6. The molecule has 160 valence electrons. The fourth-order valence-corrected chi connectivity index (χ4v) is 3.30. The van der Waals surface area contributed by atoms with E-state index in [-0.39, 0.29) is 11.5 Å². The van der Waals surface area contributed by atoms with Gasteiger partial charge in [-0.15, -0.1) is 8.78 Å². The molecular formula is C19H16F5N3O3. The highest BCUT2D eigenvalue weighted by molar-refractivity contribution is 5.89. The number of rotatable bonds is 2. The van der Waals surface area contributed by atoms with Crippen LogP contribution in [0.5, 0.6) is 5.75 Å². The molecule has 1 fully saturated rings. The molecule has 2 aromatic carbocycles. The number of nitrogens with zero attached hydrogens (tertiary/aromatic N) is 2. The Labute approximate surface area is 167 Å². The van der Waals surface area contributed by atoms with E-state index in [0.29, 0.717) is 26.2 Å². The Bertz CT molecular complexity index is 947. The largest absolute Gasteiger partial charge is 0.540 e. The number of halogens is 5. The van der Waals surface area contributed by atoms with Crippen molar-refractivity contribution in [3.63, 3.8) is 0 Å². The van der Waals surface area contributed by atoms with Crippen LogP contribution in [0.4, 0.5) is 38.1 Å². The molecule has 0 radical (unpaired) electrons. The molecule has 2 aromatic rings. The van der Waals surface area contributed by atoms with Gasteiger partial charge in [0, 0.05) is 37.6 Å². The third kappa shape index (κ3) is 4.11. The number of piperazine rings is 1. The summed E-state index contributed by atoms with van der Waals surface area (Å²) in [6, 6.07) is 8.40. The van der Waals surface area contributed by atoms with Crippen LogP contribution in [0.1, 0.15) is 5.56 Å². The highest BCUT2D eigenvalue weighted by atomic mass is 19.3. The number of anilines is 2. The number of benzene rings is 2. The van der Waals surface area contributed by atoms with Gasteiger partial charge in [0.25, 0.3) is 0 Å². The van der Waals surface area contributed by atoms with Gasteiger partial charge in [-0.2, -0.15) is 8.78 Å². The molecule has 0 atom stereocenters. The summed E-state index contributed by atoms with van der Waals surface area (Å²) < 4.78 is 74.4. The molecule has 0 unspecified atom stereocenters. The van der Waals surface area contributed by atoms with Gasteiger partial charge in [0.1, 0.15) is 11.6 Å². The second kappa shape index (κ2) is 7.31. The van der Waals surface area contributed by atoms with Gasteiger partial charge in [0.05, 0.1) is 5.56 Å². The molecule has 4 rings (SSSR count). The summed E-state index contributed by atoms with van der Waals surface area (Å²) in [6.07, 6.45) is -8.73. The predicted molar refractivity (Wildman–Crippen MR) is 96.2 cm³/mol. The number of carbonyl (C=O) groups excluding carboxylic acids is 1. The van der Waals surface area contributed by atoms with Crippen LogP contribution in [-0.2, 0) is 10.8 Å². The van der Waals surface area contributed by atoms with E-state index in [1.165, 1.54) is 23.1 Å². The first-order chi connectivity index (χ1) is 14.1. The van der Waals surface area contributed by atoms with E-state index in [9.17, 15) is 26.7 Å². The summed E-state index contributed by atoms with van der Waals surface area (Å²) in [5.74, 6) is -1.07. The highest BCUT2D eigenvalue weighted by Crippen LogP contribution is 2.46. The zero-order valence-corrected chi connectivity index (χ0v) is 15.4. The van der Waals surface area contributed by atoms with Crippen molar-refractivity contribution < 1.29 is 36.2 Å². The Morgan fingerprint density at radius 1 is 0.967 bits per heavy atom. The minimum atomic E-state index is -4.45. The van der Waals surface area contributed by atoms with E-state index >= 15 is 0 Å². The number of hydrogen-bond donors (Lipinski definition) is 1. The zero-order chi connectivity index (χ0) is 21.5. The highest BCUT2D eigenvalue weighted by Gasteiger charge is 2.54.